The molecule has 1 fully saturated rings. The average Bonchev–Trinajstić information content (AvgIpc) is 2.33. The van der Waals surface area contributed by atoms with Gasteiger partial charge < -0.3 is 14.9 Å². The van der Waals surface area contributed by atoms with Crippen molar-refractivity contribution in [2.24, 2.45) is 11.3 Å². The number of carboxylic acids is 1. The van der Waals surface area contributed by atoms with Gasteiger partial charge in [0.05, 0.1) is 0 Å². The predicted octanol–water partition coefficient (Wildman–Crippen LogP) is 2.66. The first kappa shape index (κ1) is 16.8. The van der Waals surface area contributed by atoms with Gasteiger partial charge in [-0.2, -0.15) is 0 Å². The molecule has 1 N–H and O–H groups in total. The number of carboxylic acid groups (broad SMARTS) is 1. The van der Waals surface area contributed by atoms with E-state index in [2.05, 4.69) is 20.8 Å². The second-order valence-electron chi connectivity index (χ2n) is 7.03. The van der Waals surface area contributed by atoms with Gasteiger partial charge in [-0.1, -0.05) is 20.8 Å². The maximum atomic E-state index is 12.4. The van der Waals surface area contributed by atoms with Gasteiger partial charge in [0.25, 0.3) is 0 Å². The normalized spacial score (nSPS) is 17.4. The Hall–Kier alpha value is -1.26. The van der Waals surface area contributed by atoms with E-state index in [0.29, 0.717) is 5.92 Å². The first-order valence-corrected chi connectivity index (χ1v) is 7.40. The van der Waals surface area contributed by atoms with Crippen LogP contribution in [0.5, 0.6) is 0 Å². The summed E-state index contributed by atoms with van der Waals surface area (Å²) in [6.07, 6.45) is 1.99. The van der Waals surface area contributed by atoms with Crippen molar-refractivity contribution in [2.45, 2.75) is 53.5 Å². The Kier molecular flexibility index (Phi) is 5.42. The van der Waals surface area contributed by atoms with Crippen LogP contribution in [-0.2, 0) is 4.79 Å². The highest BCUT2D eigenvalue weighted by molar-refractivity contribution is 5.80. The number of carbonyl (C=O) groups is 2. The third kappa shape index (κ3) is 4.39. The molecule has 0 aromatic rings. The van der Waals surface area contributed by atoms with Gasteiger partial charge in [0, 0.05) is 19.1 Å². The molecule has 20 heavy (non-hydrogen) atoms. The molecule has 0 radical (unpaired) electrons. The molecule has 1 heterocycles. The molecule has 0 bridgehead atoms. The van der Waals surface area contributed by atoms with Crippen LogP contribution in [0.3, 0.4) is 0 Å². The second-order valence-corrected chi connectivity index (χ2v) is 7.03. The van der Waals surface area contributed by atoms with Crippen LogP contribution in [0.25, 0.3) is 0 Å². The van der Waals surface area contributed by atoms with Gasteiger partial charge in [-0.25, -0.2) is 4.79 Å². The molecule has 1 aliphatic heterocycles. The van der Waals surface area contributed by atoms with Crippen molar-refractivity contribution in [2.75, 3.05) is 19.6 Å². The number of aliphatic carboxylic acids is 1. The van der Waals surface area contributed by atoms with E-state index in [1.165, 1.54) is 4.90 Å². The minimum Gasteiger partial charge on any atom is -0.480 e. The number of carbonyl (C=O) groups excluding carboxylic acids is 1. The molecule has 2 amide bonds. The number of amides is 2. The van der Waals surface area contributed by atoms with Crippen LogP contribution >= 0.6 is 0 Å². The summed E-state index contributed by atoms with van der Waals surface area (Å²) in [4.78, 5) is 26.5. The van der Waals surface area contributed by atoms with Crippen molar-refractivity contribution in [1.29, 1.82) is 0 Å². The lowest BCUT2D eigenvalue weighted by Gasteiger charge is -2.40. The second kappa shape index (κ2) is 6.46. The van der Waals surface area contributed by atoms with E-state index in [1.807, 2.05) is 13.8 Å². The fourth-order valence-electron chi connectivity index (χ4n) is 2.74. The minimum atomic E-state index is -0.961. The fraction of sp³-hybridized carbons (Fsp3) is 0.867. The molecule has 0 aromatic heterocycles. The third-order valence-electron chi connectivity index (χ3n) is 4.16. The van der Waals surface area contributed by atoms with Crippen LogP contribution in [0.1, 0.15) is 47.5 Å². The van der Waals surface area contributed by atoms with E-state index >= 15 is 0 Å². The maximum absolute atomic E-state index is 12.4. The molecule has 116 valence electrons. The molecule has 1 rings (SSSR count). The van der Waals surface area contributed by atoms with Gasteiger partial charge in [-0.15, -0.1) is 0 Å². The van der Waals surface area contributed by atoms with E-state index < -0.39 is 5.97 Å². The number of hydrogen-bond donors (Lipinski definition) is 1. The molecule has 0 saturated carbocycles. The monoisotopic (exact) mass is 284 g/mol. The largest absolute Gasteiger partial charge is 0.480 e. The van der Waals surface area contributed by atoms with Crippen LogP contribution in [0.15, 0.2) is 0 Å². The van der Waals surface area contributed by atoms with Crippen molar-refractivity contribution in [1.82, 2.24) is 9.80 Å². The standard InChI is InChI=1S/C15H28N2O3/c1-11(2)17(10-13(18)19)14(20)16-8-6-12(7-9-16)15(3,4)5/h11-12H,6-10H2,1-5H3,(H,18,19). The summed E-state index contributed by atoms with van der Waals surface area (Å²) in [5, 5.41) is 8.92. The summed E-state index contributed by atoms with van der Waals surface area (Å²) in [5.41, 5.74) is 0.272. The van der Waals surface area contributed by atoms with Gasteiger partial charge in [-0.3, -0.25) is 4.79 Å². The van der Waals surface area contributed by atoms with Gasteiger partial charge in [0.2, 0.25) is 0 Å². The van der Waals surface area contributed by atoms with E-state index in [0.717, 1.165) is 25.9 Å². The zero-order valence-electron chi connectivity index (χ0n) is 13.3. The van der Waals surface area contributed by atoms with Crippen LogP contribution in [0, 0.1) is 11.3 Å². The predicted molar refractivity (Wildman–Crippen MR) is 78.6 cm³/mol. The van der Waals surface area contributed by atoms with E-state index in [4.69, 9.17) is 5.11 Å². The molecule has 0 aliphatic carbocycles. The summed E-state index contributed by atoms with van der Waals surface area (Å²) in [7, 11) is 0. The quantitative estimate of drug-likeness (QED) is 0.866. The first-order chi connectivity index (χ1) is 9.12. The van der Waals surface area contributed by atoms with Crippen LogP contribution < -0.4 is 0 Å². The Bertz CT molecular complexity index is 353. The molecule has 0 atom stereocenters. The lowest BCUT2D eigenvalue weighted by atomic mass is 9.75. The number of rotatable bonds is 3. The number of nitrogens with zero attached hydrogens (tertiary/aromatic N) is 2. The lowest BCUT2D eigenvalue weighted by Crippen LogP contribution is -2.51. The Balaban J connectivity index is 2.63. The van der Waals surface area contributed by atoms with Gasteiger partial charge >= 0.3 is 12.0 Å². The van der Waals surface area contributed by atoms with E-state index in [9.17, 15) is 9.59 Å². The number of urea groups is 1. The molecule has 1 saturated heterocycles. The highest BCUT2D eigenvalue weighted by Crippen LogP contribution is 2.34. The van der Waals surface area contributed by atoms with Gasteiger partial charge in [0.15, 0.2) is 0 Å². The molecular formula is C15H28N2O3. The van der Waals surface area contributed by atoms with Gasteiger partial charge in [0.1, 0.15) is 6.54 Å². The highest BCUT2D eigenvalue weighted by atomic mass is 16.4. The molecule has 1 aliphatic rings. The van der Waals surface area contributed by atoms with Crippen molar-refractivity contribution in [3.05, 3.63) is 0 Å². The van der Waals surface area contributed by atoms with Crippen LogP contribution in [0.2, 0.25) is 0 Å². The molecule has 0 aromatic carbocycles. The maximum Gasteiger partial charge on any atom is 0.323 e. The van der Waals surface area contributed by atoms with E-state index in [1.54, 1.807) is 4.90 Å². The Morgan fingerprint density at radius 2 is 1.75 bits per heavy atom. The molecule has 5 nitrogen and oxygen atoms in total. The zero-order valence-corrected chi connectivity index (χ0v) is 13.3. The molecule has 0 unspecified atom stereocenters. The fourth-order valence-corrected chi connectivity index (χ4v) is 2.74. The van der Waals surface area contributed by atoms with Crippen LogP contribution in [-0.4, -0.2) is 52.6 Å². The van der Waals surface area contributed by atoms with Crippen molar-refractivity contribution in [3.63, 3.8) is 0 Å². The number of likely N-dealkylation sites (tertiary alicyclic amines) is 1. The third-order valence-corrected chi connectivity index (χ3v) is 4.16. The summed E-state index contributed by atoms with van der Waals surface area (Å²) in [5.74, 6) is -0.338. The smallest absolute Gasteiger partial charge is 0.323 e. The number of hydrogen-bond acceptors (Lipinski definition) is 2. The van der Waals surface area contributed by atoms with Gasteiger partial charge in [-0.05, 0) is 38.0 Å². The molecule has 5 heteroatoms. The summed E-state index contributed by atoms with van der Waals surface area (Å²) in [6.45, 7) is 11.6. The Morgan fingerprint density at radius 1 is 1.25 bits per heavy atom. The Labute approximate surface area is 121 Å². The van der Waals surface area contributed by atoms with E-state index in [-0.39, 0.29) is 24.0 Å². The summed E-state index contributed by atoms with van der Waals surface area (Å²) in [6, 6.07) is -0.242. The summed E-state index contributed by atoms with van der Waals surface area (Å²) >= 11 is 0. The first-order valence-electron chi connectivity index (χ1n) is 7.40. The SMILES string of the molecule is CC(C)N(CC(=O)O)C(=O)N1CCC(C(C)(C)C)CC1. The summed E-state index contributed by atoms with van der Waals surface area (Å²) < 4.78 is 0. The highest BCUT2D eigenvalue weighted by Gasteiger charge is 2.32. The minimum absolute atomic E-state index is 0.0982. The van der Waals surface area contributed by atoms with Crippen LogP contribution in [0.4, 0.5) is 4.79 Å². The molecular weight excluding hydrogens is 256 g/mol. The lowest BCUT2D eigenvalue weighted by molar-refractivity contribution is -0.138. The van der Waals surface area contributed by atoms with Crippen molar-refractivity contribution >= 4 is 12.0 Å². The Morgan fingerprint density at radius 3 is 2.10 bits per heavy atom. The van der Waals surface area contributed by atoms with Crippen molar-refractivity contribution in [3.8, 4) is 0 Å². The number of piperidine rings is 1. The zero-order chi connectivity index (χ0) is 15.5. The topological polar surface area (TPSA) is 60.9 Å². The average molecular weight is 284 g/mol. The molecule has 0 spiro atoms. The van der Waals surface area contributed by atoms with Crippen molar-refractivity contribution < 1.29 is 14.7 Å².